The Labute approximate surface area is 171 Å². The second-order valence-electron chi connectivity index (χ2n) is 6.50. The second-order valence-corrected chi connectivity index (χ2v) is 6.84. The molecule has 0 fully saturated rings. The van der Waals surface area contributed by atoms with Crippen molar-refractivity contribution in [3.05, 3.63) is 58.6 Å². The summed E-state index contributed by atoms with van der Waals surface area (Å²) in [6, 6.07) is 7.71. The number of benzene rings is 1. The standard InChI is InChI=1S/C20H16ClN7O/c1-12-9-14(5-4-7-22)10-13(2)17(12)29-19-15-11-28(16-6-8-27(3)25-16)26-18(15)23-20(21)24-19/h4-6,8-11H,1-3H3/b5-4+. The third-order valence-corrected chi connectivity index (χ3v) is 4.45. The zero-order valence-electron chi connectivity index (χ0n) is 16.0. The molecule has 1 aromatic carbocycles. The monoisotopic (exact) mass is 405 g/mol. The van der Waals surface area contributed by atoms with Gasteiger partial charge in [0.15, 0.2) is 11.5 Å². The number of fused-ring (bicyclic) bond motifs is 1. The van der Waals surface area contributed by atoms with Gasteiger partial charge in [-0.1, -0.05) is 0 Å². The first kappa shape index (κ1) is 18.7. The van der Waals surface area contributed by atoms with Crippen LogP contribution in [0.2, 0.25) is 5.28 Å². The molecule has 4 aromatic rings. The topological polar surface area (TPSA) is 94.4 Å². The van der Waals surface area contributed by atoms with Gasteiger partial charge in [0, 0.05) is 31.6 Å². The van der Waals surface area contributed by atoms with E-state index in [9.17, 15) is 0 Å². The normalized spacial score (nSPS) is 11.3. The minimum atomic E-state index is 0.0441. The van der Waals surface area contributed by atoms with Gasteiger partial charge in [0.1, 0.15) is 11.1 Å². The first-order valence-electron chi connectivity index (χ1n) is 8.73. The van der Waals surface area contributed by atoms with Crippen molar-refractivity contribution in [2.75, 3.05) is 0 Å². The Morgan fingerprint density at radius 1 is 1.17 bits per heavy atom. The van der Waals surface area contributed by atoms with Crippen LogP contribution >= 0.6 is 11.6 Å². The highest BCUT2D eigenvalue weighted by Gasteiger charge is 2.17. The van der Waals surface area contributed by atoms with Crippen LogP contribution in [-0.4, -0.2) is 29.5 Å². The molecule has 144 valence electrons. The van der Waals surface area contributed by atoms with E-state index in [1.165, 1.54) is 6.08 Å². The predicted molar refractivity (Wildman–Crippen MR) is 109 cm³/mol. The van der Waals surface area contributed by atoms with Crippen molar-refractivity contribution < 1.29 is 4.74 Å². The van der Waals surface area contributed by atoms with Gasteiger partial charge in [-0.2, -0.15) is 20.3 Å². The van der Waals surface area contributed by atoms with E-state index in [0.717, 1.165) is 16.7 Å². The summed E-state index contributed by atoms with van der Waals surface area (Å²) in [7, 11) is 1.83. The number of ether oxygens (including phenoxy) is 1. The molecule has 0 aliphatic heterocycles. The van der Waals surface area contributed by atoms with Gasteiger partial charge in [0.05, 0.1) is 6.07 Å². The molecule has 0 spiro atoms. The molecular formula is C20H16ClN7O. The zero-order chi connectivity index (χ0) is 20.5. The molecule has 0 aliphatic rings. The Balaban J connectivity index is 1.77. The van der Waals surface area contributed by atoms with Crippen molar-refractivity contribution >= 4 is 28.7 Å². The summed E-state index contributed by atoms with van der Waals surface area (Å²) in [4.78, 5) is 8.45. The van der Waals surface area contributed by atoms with Crippen molar-refractivity contribution in [3.63, 3.8) is 0 Å². The largest absolute Gasteiger partial charge is 0.438 e. The van der Waals surface area contributed by atoms with Crippen LogP contribution in [-0.2, 0) is 7.05 Å². The molecule has 4 rings (SSSR count). The number of nitrogens with zero attached hydrogens (tertiary/aromatic N) is 7. The number of halogens is 1. The van der Waals surface area contributed by atoms with Gasteiger partial charge in [-0.05, 0) is 60.3 Å². The summed E-state index contributed by atoms with van der Waals surface area (Å²) in [6.07, 6.45) is 6.78. The molecule has 9 heteroatoms. The molecule has 29 heavy (non-hydrogen) atoms. The summed E-state index contributed by atoms with van der Waals surface area (Å²) >= 11 is 6.10. The van der Waals surface area contributed by atoms with E-state index < -0.39 is 0 Å². The second kappa shape index (κ2) is 7.37. The zero-order valence-corrected chi connectivity index (χ0v) is 16.7. The van der Waals surface area contributed by atoms with Crippen molar-refractivity contribution in [2.24, 2.45) is 7.05 Å². The summed E-state index contributed by atoms with van der Waals surface area (Å²) in [5.74, 6) is 1.63. The lowest BCUT2D eigenvalue weighted by Crippen LogP contribution is -1.97. The molecule has 0 amide bonds. The van der Waals surface area contributed by atoms with E-state index in [2.05, 4.69) is 20.2 Å². The van der Waals surface area contributed by atoms with Crippen LogP contribution < -0.4 is 4.74 Å². The van der Waals surface area contributed by atoms with E-state index in [0.29, 0.717) is 28.5 Å². The maximum atomic E-state index is 8.73. The van der Waals surface area contributed by atoms with Gasteiger partial charge in [-0.3, -0.25) is 4.68 Å². The van der Waals surface area contributed by atoms with Crippen molar-refractivity contribution in [2.45, 2.75) is 13.8 Å². The number of aryl methyl sites for hydroxylation is 3. The molecule has 3 heterocycles. The molecule has 0 unspecified atom stereocenters. The lowest BCUT2D eigenvalue weighted by Gasteiger charge is -2.12. The van der Waals surface area contributed by atoms with E-state index >= 15 is 0 Å². The Bertz CT molecular complexity index is 1270. The molecular weight excluding hydrogens is 390 g/mol. The third-order valence-electron chi connectivity index (χ3n) is 4.28. The predicted octanol–water partition coefficient (Wildman–Crippen LogP) is 4.15. The number of rotatable bonds is 4. The average Bonchev–Trinajstić information content (AvgIpc) is 3.28. The summed E-state index contributed by atoms with van der Waals surface area (Å²) in [5, 5.41) is 18.2. The fourth-order valence-electron chi connectivity index (χ4n) is 3.05. The lowest BCUT2D eigenvalue weighted by atomic mass is 10.1. The molecule has 0 atom stereocenters. The van der Waals surface area contributed by atoms with E-state index in [4.69, 9.17) is 21.6 Å². The van der Waals surface area contributed by atoms with Crippen molar-refractivity contribution in [3.8, 4) is 23.5 Å². The van der Waals surface area contributed by atoms with Gasteiger partial charge in [0.2, 0.25) is 11.2 Å². The Kier molecular flexibility index (Phi) is 4.74. The average molecular weight is 406 g/mol. The molecule has 0 bridgehead atoms. The Morgan fingerprint density at radius 2 is 1.93 bits per heavy atom. The minimum absolute atomic E-state index is 0.0441. The SMILES string of the molecule is Cc1cc(/C=C/C#N)cc(C)c1Oc1nc(Cl)nc2nn(-c3ccn(C)n3)cc12. The van der Waals surface area contributed by atoms with Crippen LogP contribution in [0.1, 0.15) is 16.7 Å². The number of aromatic nitrogens is 6. The summed E-state index contributed by atoms with van der Waals surface area (Å²) < 4.78 is 9.44. The van der Waals surface area contributed by atoms with E-state index in [1.807, 2.05) is 51.4 Å². The highest BCUT2D eigenvalue weighted by molar-refractivity contribution is 6.28. The van der Waals surface area contributed by atoms with Crippen LogP contribution in [0.5, 0.6) is 11.6 Å². The molecule has 3 aromatic heterocycles. The first-order chi connectivity index (χ1) is 13.9. The quantitative estimate of drug-likeness (QED) is 0.374. The number of allylic oxidation sites excluding steroid dienone is 1. The van der Waals surface area contributed by atoms with Crippen LogP contribution in [0.4, 0.5) is 0 Å². The maximum Gasteiger partial charge on any atom is 0.234 e. The van der Waals surface area contributed by atoms with Gasteiger partial charge < -0.3 is 4.74 Å². The van der Waals surface area contributed by atoms with Gasteiger partial charge in [-0.25, -0.2) is 4.68 Å². The van der Waals surface area contributed by atoms with Crippen LogP contribution in [0.3, 0.4) is 0 Å². The third kappa shape index (κ3) is 3.68. The molecule has 0 saturated carbocycles. The van der Waals surface area contributed by atoms with Gasteiger partial charge >= 0.3 is 0 Å². The number of hydrogen-bond acceptors (Lipinski definition) is 6. The molecule has 0 radical (unpaired) electrons. The maximum absolute atomic E-state index is 8.73. The van der Waals surface area contributed by atoms with E-state index in [1.54, 1.807) is 21.6 Å². The molecule has 8 nitrogen and oxygen atoms in total. The Morgan fingerprint density at radius 3 is 2.59 bits per heavy atom. The lowest BCUT2D eigenvalue weighted by molar-refractivity contribution is 0.461. The fraction of sp³-hybridized carbons (Fsp3) is 0.150. The van der Waals surface area contributed by atoms with Gasteiger partial charge in [0.25, 0.3) is 0 Å². The summed E-state index contributed by atoms with van der Waals surface area (Å²) in [5.41, 5.74) is 3.14. The van der Waals surface area contributed by atoms with Gasteiger partial charge in [-0.15, -0.1) is 5.10 Å². The fourth-order valence-corrected chi connectivity index (χ4v) is 3.20. The first-order valence-corrected chi connectivity index (χ1v) is 9.10. The molecule has 0 saturated heterocycles. The van der Waals surface area contributed by atoms with Crippen molar-refractivity contribution in [1.29, 1.82) is 5.26 Å². The number of hydrogen-bond donors (Lipinski definition) is 0. The smallest absolute Gasteiger partial charge is 0.234 e. The summed E-state index contributed by atoms with van der Waals surface area (Å²) in [6.45, 7) is 3.87. The van der Waals surface area contributed by atoms with Crippen LogP contribution in [0.15, 0.2) is 36.7 Å². The van der Waals surface area contributed by atoms with E-state index in [-0.39, 0.29) is 5.28 Å². The molecule has 0 aliphatic carbocycles. The Hall–Kier alpha value is -3.70. The van der Waals surface area contributed by atoms with Crippen molar-refractivity contribution in [1.82, 2.24) is 29.5 Å². The highest BCUT2D eigenvalue weighted by atomic mass is 35.5. The molecule has 0 N–H and O–H groups in total. The van der Waals surface area contributed by atoms with Crippen LogP contribution in [0, 0.1) is 25.2 Å². The minimum Gasteiger partial charge on any atom is -0.438 e. The van der Waals surface area contributed by atoms with Crippen LogP contribution in [0.25, 0.3) is 22.9 Å². The number of nitriles is 1. The highest BCUT2D eigenvalue weighted by Crippen LogP contribution is 2.33.